The van der Waals surface area contributed by atoms with Crippen molar-refractivity contribution >= 4 is 29.4 Å². The van der Waals surface area contributed by atoms with Crippen LogP contribution in [-0.2, 0) is 19.1 Å². The van der Waals surface area contributed by atoms with Gasteiger partial charge in [0, 0.05) is 37.8 Å². The second kappa shape index (κ2) is 11.2. The number of hydrogen-bond donors (Lipinski definition) is 2. The lowest BCUT2D eigenvalue weighted by atomic mass is 10.0. The van der Waals surface area contributed by atoms with Crippen molar-refractivity contribution in [2.45, 2.75) is 32.7 Å². The van der Waals surface area contributed by atoms with Gasteiger partial charge < -0.3 is 20.1 Å². The highest BCUT2D eigenvalue weighted by Gasteiger charge is 2.33. The van der Waals surface area contributed by atoms with Gasteiger partial charge in [-0.15, -0.1) is 0 Å². The molecule has 0 unspecified atom stereocenters. The fourth-order valence-electron chi connectivity index (χ4n) is 4.42. The molecule has 0 radical (unpaired) electrons. The first-order valence-corrected chi connectivity index (χ1v) is 11.4. The van der Waals surface area contributed by atoms with E-state index in [0.717, 1.165) is 25.9 Å². The third-order valence-electron chi connectivity index (χ3n) is 6.07. The average molecular weight is 460 g/mol. The highest BCUT2D eigenvalue weighted by atomic mass is 16.5. The van der Waals surface area contributed by atoms with Crippen LogP contribution in [0.15, 0.2) is 18.2 Å². The third-order valence-corrected chi connectivity index (χ3v) is 6.07. The summed E-state index contributed by atoms with van der Waals surface area (Å²) in [5, 5.41) is 7.93. The molecular formula is C23H33N5O5. The summed E-state index contributed by atoms with van der Waals surface area (Å²) in [6.45, 7) is 7.50. The molecule has 10 heteroatoms. The molecule has 0 spiro atoms. The van der Waals surface area contributed by atoms with Gasteiger partial charge in [0.25, 0.3) is 0 Å². The molecule has 0 saturated carbocycles. The molecule has 0 bridgehead atoms. The van der Waals surface area contributed by atoms with Gasteiger partial charge in [0.2, 0.25) is 5.91 Å². The van der Waals surface area contributed by atoms with Gasteiger partial charge in [0.15, 0.2) is 0 Å². The summed E-state index contributed by atoms with van der Waals surface area (Å²) in [5.74, 6) is -0.964. The van der Waals surface area contributed by atoms with Gasteiger partial charge in [-0.05, 0) is 44.9 Å². The number of piperazine rings is 1. The zero-order valence-electron chi connectivity index (χ0n) is 19.3. The van der Waals surface area contributed by atoms with Gasteiger partial charge in [-0.1, -0.05) is 0 Å². The van der Waals surface area contributed by atoms with Crippen LogP contribution in [0.3, 0.4) is 0 Å². The Balaban J connectivity index is 1.62. The number of rotatable bonds is 8. The van der Waals surface area contributed by atoms with Crippen LogP contribution in [0.2, 0.25) is 0 Å². The molecule has 0 aliphatic carbocycles. The van der Waals surface area contributed by atoms with E-state index in [1.807, 2.05) is 0 Å². The molecule has 3 rings (SSSR count). The molecule has 180 valence electrons. The molecule has 10 nitrogen and oxygen atoms in total. The van der Waals surface area contributed by atoms with E-state index in [9.17, 15) is 14.4 Å². The minimum atomic E-state index is -0.489. The van der Waals surface area contributed by atoms with E-state index in [0.29, 0.717) is 43.1 Å². The smallest absolute Gasteiger partial charge is 0.338 e. The van der Waals surface area contributed by atoms with Crippen molar-refractivity contribution in [3.05, 3.63) is 29.3 Å². The predicted molar refractivity (Wildman–Crippen MR) is 123 cm³/mol. The lowest BCUT2D eigenvalue weighted by Crippen LogP contribution is -2.56. The van der Waals surface area contributed by atoms with E-state index in [2.05, 4.69) is 9.80 Å². The number of anilines is 1. The number of esters is 2. The van der Waals surface area contributed by atoms with Gasteiger partial charge in [-0.2, -0.15) is 0 Å². The Labute approximate surface area is 194 Å². The first-order valence-electron chi connectivity index (χ1n) is 11.4. The van der Waals surface area contributed by atoms with E-state index >= 15 is 0 Å². The number of amides is 1. The Hall–Kier alpha value is -2.98. The number of piperidine rings is 1. The summed E-state index contributed by atoms with van der Waals surface area (Å²) in [4.78, 5) is 42.7. The van der Waals surface area contributed by atoms with Crippen LogP contribution in [0.1, 0.15) is 42.6 Å². The molecule has 2 heterocycles. The van der Waals surface area contributed by atoms with Crippen molar-refractivity contribution in [2.24, 2.45) is 5.73 Å². The monoisotopic (exact) mass is 459 g/mol. The molecule has 2 saturated heterocycles. The number of ether oxygens (including phenoxy) is 2. The maximum atomic E-state index is 13.0. The fourth-order valence-corrected chi connectivity index (χ4v) is 4.42. The number of nitrogens with one attached hydrogen (secondary N) is 1. The zero-order chi connectivity index (χ0) is 24.0. The second-order valence-corrected chi connectivity index (χ2v) is 8.19. The van der Waals surface area contributed by atoms with Crippen LogP contribution < -0.4 is 10.6 Å². The van der Waals surface area contributed by atoms with Crippen LogP contribution in [-0.4, -0.2) is 92.0 Å². The number of benzene rings is 1. The first-order chi connectivity index (χ1) is 15.8. The Kier molecular flexibility index (Phi) is 8.40. The Morgan fingerprint density at radius 3 is 2.39 bits per heavy atom. The van der Waals surface area contributed by atoms with E-state index in [-0.39, 0.29) is 36.9 Å². The number of nitrogens with two attached hydrogens (primary N) is 1. The second-order valence-electron chi connectivity index (χ2n) is 8.19. The molecule has 1 amide bonds. The van der Waals surface area contributed by atoms with Gasteiger partial charge in [-0.25, -0.2) is 4.79 Å². The topological polar surface area (TPSA) is 129 Å². The highest BCUT2D eigenvalue weighted by molar-refractivity contribution is 6.07. The van der Waals surface area contributed by atoms with Crippen molar-refractivity contribution < 1.29 is 23.9 Å². The van der Waals surface area contributed by atoms with Gasteiger partial charge in [-0.3, -0.25) is 24.8 Å². The van der Waals surface area contributed by atoms with Crippen LogP contribution in [0, 0.1) is 5.41 Å². The summed E-state index contributed by atoms with van der Waals surface area (Å²) in [6, 6.07) is 5.05. The van der Waals surface area contributed by atoms with Crippen molar-refractivity contribution in [2.75, 3.05) is 57.4 Å². The van der Waals surface area contributed by atoms with E-state index in [1.165, 1.54) is 6.07 Å². The maximum absolute atomic E-state index is 13.0. The summed E-state index contributed by atoms with van der Waals surface area (Å²) >= 11 is 0. The molecule has 2 aliphatic rings. The molecule has 2 aliphatic heterocycles. The number of nitrogen functional groups attached to an aromatic ring is 1. The number of hydrogen-bond acceptors (Lipinski definition) is 8. The van der Waals surface area contributed by atoms with E-state index in [1.54, 1.807) is 30.9 Å². The fraction of sp³-hybridized carbons (Fsp3) is 0.565. The normalized spacial score (nSPS) is 18.2. The molecule has 3 N–H and O–H groups in total. The SMILES string of the molecule is CCOC(=O)CN1CCC(N2CCN(c3ccc(C(=O)OCC)cc3C(=N)N)C(=O)C2)CC1. The number of amidine groups is 1. The van der Waals surface area contributed by atoms with Crippen molar-refractivity contribution in [1.82, 2.24) is 9.80 Å². The third kappa shape index (κ3) is 6.08. The van der Waals surface area contributed by atoms with E-state index in [4.69, 9.17) is 20.6 Å². The highest BCUT2D eigenvalue weighted by Crippen LogP contribution is 2.26. The van der Waals surface area contributed by atoms with Crippen LogP contribution in [0.25, 0.3) is 0 Å². The molecular weight excluding hydrogens is 426 g/mol. The molecule has 0 atom stereocenters. The maximum Gasteiger partial charge on any atom is 0.338 e. The van der Waals surface area contributed by atoms with Crippen LogP contribution >= 0.6 is 0 Å². The first kappa shape index (κ1) is 24.7. The minimum absolute atomic E-state index is 0.0680. The Morgan fingerprint density at radius 1 is 1.09 bits per heavy atom. The van der Waals surface area contributed by atoms with Crippen LogP contribution in [0.4, 0.5) is 5.69 Å². The molecule has 0 aromatic heterocycles. The standard InChI is InChI=1S/C23H33N5O5/c1-3-32-21(30)15-26-9-7-17(8-10-26)27-11-12-28(20(29)14-27)19-6-5-16(23(31)33-4-2)13-18(19)22(24)25/h5-6,13,17H,3-4,7-12,14-15H2,1-2H3,(H3,24,25). The number of carbonyl (C=O) groups is 3. The van der Waals surface area contributed by atoms with Crippen LogP contribution in [0.5, 0.6) is 0 Å². The summed E-state index contributed by atoms with van der Waals surface area (Å²) in [6.07, 6.45) is 1.78. The predicted octanol–water partition coefficient (Wildman–Crippen LogP) is 0.823. The quantitative estimate of drug-likeness (QED) is 0.332. The zero-order valence-corrected chi connectivity index (χ0v) is 19.3. The Bertz CT molecular complexity index is 897. The largest absolute Gasteiger partial charge is 0.465 e. The van der Waals surface area contributed by atoms with Crippen molar-refractivity contribution in [1.29, 1.82) is 5.41 Å². The summed E-state index contributed by atoms with van der Waals surface area (Å²) in [7, 11) is 0. The van der Waals surface area contributed by atoms with Crippen molar-refractivity contribution in [3.8, 4) is 0 Å². The summed E-state index contributed by atoms with van der Waals surface area (Å²) < 4.78 is 10.0. The van der Waals surface area contributed by atoms with E-state index < -0.39 is 5.97 Å². The molecule has 1 aromatic carbocycles. The molecule has 1 aromatic rings. The lowest BCUT2D eigenvalue weighted by Gasteiger charge is -2.42. The van der Waals surface area contributed by atoms with Gasteiger partial charge in [0.1, 0.15) is 5.84 Å². The Morgan fingerprint density at radius 2 is 1.79 bits per heavy atom. The number of nitrogens with zero attached hydrogens (tertiary/aromatic N) is 3. The lowest BCUT2D eigenvalue weighted by molar-refractivity contribution is -0.144. The molecule has 2 fully saturated rings. The van der Waals surface area contributed by atoms with Gasteiger partial charge >= 0.3 is 11.9 Å². The number of likely N-dealkylation sites (tertiary alicyclic amines) is 1. The average Bonchev–Trinajstić information content (AvgIpc) is 2.79. The van der Waals surface area contributed by atoms with Crippen molar-refractivity contribution in [3.63, 3.8) is 0 Å². The summed E-state index contributed by atoms with van der Waals surface area (Å²) in [5.41, 5.74) is 6.94. The minimum Gasteiger partial charge on any atom is -0.465 e. The number of carbonyl (C=O) groups excluding carboxylic acids is 3. The molecule has 33 heavy (non-hydrogen) atoms. The van der Waals surface area contributed by atoms with Gasteiger partial charge in [0.05, 0.1) is 37.6 Å².